The van der Waals surface area contributed by atoms with E-state index >= 15 is 0 Å². The summed E-state index contributed by atoms with van der Waals surface area (Å²) in [6.07, 6.45) is 7.37. The SMILES string of the molecule is CNCC12CCC3(O)CC(CC3C1)C2. The summed E-state index contributed by atoms with van der Waals surface area (Å²) in [5, 5.41) is 13.8. The average Bonchev–Trinajstić information content (AvgIpc) is 2.29. The Morgan fingerprint density at radius 3 is 2.93 bits per heavy atom. The molecule has 0 aromatic heterocycles. The highest BCUT2D eigenvalue weighted by atomic mass is 16.3. The van der Waals surface area contributed by atoms with Crippen LogP contribution >= 0.6 is 0 Å². The van der Waals surface area contributed by atoms with Crippen molar-refractivity contribution in [3.63, 3.8) is 0 Å². The van der Waals surface area contributed by atoms with Gasteiger partial charge in [-0.25, -0.2) is 0 Å². The molecular weight excluding hydrogens is 174 g/mol. The first kappa shape index (κ1) is 9.17. The number of hydrogen-bond acceptors (Lipinski definition) is 2. The zero-order chi connectivity index (χ0) is 9.81. The third-order valence-electron chi connectivity index (χ3n) is 5.06. The van der Waals surface area contributed by atoms with E-state index in [9.17, 15) is 5.11 Å². The Bertz CT molecular complexity index is 255. The molecule has 14 heavy (non-hydrogen) atoms. The van der Waals surface area contributed by atoms with Crippen LogP contribution in [0.3, 0.4) is 0 Å². The predicted octanol–water partition coefficient (Wildman–Crippen LogP) is 1.54. The van der Waals surface area contributed by atoms with Gasteiger partial charge in [0.25, 0.3) is 0 Å². The summed E-state index contributed by atoms with van der Waals surface area (Å²) in [5.74, 6) is 1.46. The van der Waals surface area contributed by atoms with Crippen molar-refractivity contribution in [2.24, 2.45) is 17.3 Å². The molecule has 3 aliphatic carbocycles. The van der Waals surface area contributed by atoms with Gasteiger partial charge in [-0.05, 0) is 62.8 Å². The summed E-state index contributed by atoms with van der Waals surface area (Å²) in [4.78, 5) is 0. The van der Waals surface area contributed by atoms with Crippen molar-refractivity contribution in [3.8, 4) is 0 Å². The van der Waals surface area contributed by atoms with Crippen LogP contribution in [0.1, 0.15) is 38.5 Å². The van der Waals surface area contributed by atoms with Gasteiger partial charge < -0.3 is 10.4 Å². The number of hydrogen-bond donors (Lipinski definition) is 2. The van der Waals surface area contributed by atoms with Gasteiger partial charge in [-0.15, -0.1) is 0 Å². The van der Waals surface area contributed by atoms with Gasteiger partial charge in [-0.1, -0.05) is 0 Å². The number of aliphatic hydroxyl groups is 1. The molecule has 3 bridgehead atoms. The lowest BCUT2D eigenvalue weighted by Crippen LogP contribution is -2.46. The van der Waals surface area contributed by atoms with Crippen LogP contribution in [0, 0.1) is 17.3 Å². The fourth-order valence-corrected chi connectivity index (χ4v) is 4.62. The maximum absolute atomic E-state index is 10.5. The van der Waals surface area contributed by atoms with E-state index in [1.54, 1.807) is 0 Å². The maximum Gasteiger partial charge on any atom is 0.0679 e. The lowest BCUT2D eigenvalue weighted by molar-refractivity contribution is -0.0623. The molecule has 3 aliphatic rings. The van der Waals surface area contributed by atoms with Crippen molar-refractivity contribution in [2.45, 2.75) is 44.1 Å². The van der Waals surface area contributed by atoms with Crippen LogP contribution < -0.4 is 5.32 Å². The summed E-state index contributed by atoms with van der Waals surface area (Å²) in [6, 6.07) is 0. The third-order valence-corrected chi connectivity index (χ3v) is 5.06. The topological polar surface area (TPSA) is 32.3 Å². The second kappa shape index (κ2) is 2.73. The molecule has 3 fully saturated rings. The summed E-state index contributed by atoms with van der Waals surface area (Å²) >= 11 is 0. The average molecular weight is 195 g/mol. The van der Waals surface area contributed by atoms with E-state index in [0.29, 0.717) is 11.3 Å². The largest absolute Gasteiger partial charge is 0.390 e. The zero-order valence-corrected chi connectivity index (χ0v) is 9.05. The molecule has 4 atom stereocenters. The highest BCUT2D eigenvalue weighted by Crippen LogP contribution is 2.62. The molecule has 0 saturated heterocycles. The van der Waals surface area contributed by atoms with Crippen molar-refractivity contribution < 1.29 is 5.11 Å². The van der Waals surface area contributed by atoms with Crippen LogP contribution in [-0.4, -0.2) is 24.3 Å². The van der Waals surface area contributed by atoms with Crippen LogP contribution in [0.2, 0.25) is 0 Å². The van der Waals surface area contributed by atoms with Crippen LogP contribution in [0.4, 0.5) is 0 Å². The van der Waals surface area contributed by atoms with E-state index in [1.165, 1.54) is 25.7 Å². The van der Waals surface area contributed by atoms with Crippen molar-refractivity contribution in [2.75, 3.05) is 13.6 Å². The van der Waals surface area contributed by atoms with E-state index < -0.39 is 0 Å². The smallest absolute Gasteiger partial charge is 0.0679 e. The predicted molar refractivity (Wildman–Crippen MR) is 56.0 cm³/mol. The molecule has 80 valence electrons. The van der Waals surface area contributed by atoms with E-state index in [1.807, 2.05) is 0 Å². The fraction of sp³-hybridized carbons (Fsp3) is 1.00. The molecule has 0 aromatic rings. The number of fused-ring (bicyclic) bond motifs is 2. The Morgan fingerprint density at radius 2 is 2.14 bits per heavy atom. The molecule has 0 aliphatic heterocycles. The molecule has 3 rings (SSSR count). The number of nitrogens with one attached hydrogen (secondary N) is 1. The lowest BCUT2D eigenvalue weighted by Gasteiger charge is -2.47. The molecule has 0 aromatic carbocycles. The molecule has 0 radical (unpaired) electrons. The van der Waals surface area contributed by atoms with Gasteiger partial charge in [0.1, 0.15) is 0 Å². The Kier molecular flexibility index (Phi) is 1.79. The molecule has 4 unspecified atom stereocenters. The summed E-state index contributed by atoms with van der Waals surface area (Å²) < 4.78 is 0. The first-order chi connectivity index (χ1) is 6.66. The summed E-state index contributed by atoms with van der Waals surface area (Å²) in [7, 11) is 2.06. The van der Waals surface area contributed by atoms with E-state index in [4.69, 9.17) is 0 Å². The van der Waals surface area contributed by atoms with Crippen LogP contribution in [0.25, 0.3) is 0 Å². The highest BCUT2D eigenvalue weighted by molar-refractivity contribution is 5.09. The second-order valence-corrected chi connectivity index (χ2v) is 6.04. The highest BCUT2D eigenvalue weighted by Gasteiger charge is 2.58. The fourth-order valence-electron chi connectivity index (χ4n) is 4.62. The van der Waals surface area contributed by atoms with Gasteiger partial charge in [-0.3, -0.25) is 0 Å². The van der Waals surface area contributed by atoms with Gasteiger partial charge in [0.05, 0.1) is 5.60 Å². The molecule has 0 heterocycles. The van der Waals surface area contributed by atoms with Gasteiger partial charge in [0.2, 0.25) is 0 Å². The minimum absolute atomic E-state index is 0.252. The monoisotopic (exact) mass is 195 g/mol. The minimum Gasteiger partial charge on any atom is -0.390 e. The molecule has 2 N–H and O–H groups in total. The first-order valence-electron chi connectivity index (χ1n) is 6.03. The van der Waals surface area contributed by atoms with Gasteiger partial charge in [-0.2, -0.15) is 0 Å². The lowest BCUT2D eigenvalue weighted by atomic mass is 9.61. The zero-order valence-electron chi connectivity index (χ0n) is 9.05. The third kappa shape index (κ3) is 1.10. The van der Waals surface area contributed by atoms with Crippen molar-refractivity contribution >= 4 is 0 Å². The maximum atomic E-state index is 10.5. The Labute approximate surface area is 86.1 Å². The normalized spacial score (nSPS) is 55.3. The van der Waals surface area contributed by atoms with Crippen LogP contribution in [0.5, 0.6) is 0 Å². The second-order valence-electron chi connectivity index (χ2n) is 6.04. The molecular formula is C12H21NO. The number of rotatable bonds is 2. The van der Waals surface area contributed by atoms with Gasteiger partial charge in [0, 0.05) is 6.54 Å². The molecule has 3 saturated carbocycles. The standard InChI is InChI=1S/C12H21NO/c1-13-8-11-2-3-12(14)6-9(5-11)4-10(12)7-11/h9-10,13-14H,2-8H2,1H3. The Balaban J connectivity index is 1.88. The van der Waals surface area contributed by atoms with E-state index in [0.717, 1.165) is 25.3 Å². The Hall–Kier alpha value is -0.0800. The van der Waals surface area contributed by atoms with Crippen LogP contribution in [-0.2, 0) is 0 Å². The first-order valence-corrected chi connectivity index (χ1v) is 6.03. The molecule has 2 nitrogen and oxygen atoms in total. The summed E-state index contributed by atoms with van der Waals surface area (Å²) in [5.41, 5.74) is 0.295. The van der Waals surface area contributed by atoms with E-state index in [-0.39, 0.29) is 5.60 Å². The van der Waals surface area contributed by atoms with Gasteiger partial charge in [0.15, 0.2) is 0 Å². The van der Waals surface area contributed by atoms with Crippen molar-refractivity contribution in [3.05, 3.63) is 0 Å². The van der Waals surface area contributed by atoms with Crippen LogP contribution in [0.15, 0.2) is 0 Å². The van der Waals surface area contributed by atoms with Crippen molar-refractivity contribution in [1.29, 1.82) is 0 Å². The Morgan fingerprint density at radius 1 is 1.29 bits per heavy atom. The molecule has 0 spiro atoms. The van der Waals surface area contributed by atoms with Crippen molar-refractivity contribution in [1.82, 2.24) is 5.32 Å². The van der Waals surface area contributed by atoms with E-state index in [2.05, 4.69) is 12.4 Å². The molecule has 0 amide bonds. The van der Waals surface area contributed by atoms with Gasteiger partial charge >= 0.3 is 0 Å². The molecule has 2 heteroatoms. The summed E-state index contributed by atoms with van der Waals surface area (Å²) in [6.45, 7) is 1.16. The quantitative estimate of drug-likeness (QED) is 0.700. The minimum atomic E-state index is -0.252.